The quantitative estimate of drug-likeness (QED) is 0.909. The number of amides is 1. The Kier molecular flexibility index (Phi) is 5.13. The molecule has 2 atom stereocenters. The second-order valence-corrected chi connectivity index (χ2v) is 7.53. The number of carbonyl (C=O) groups is 1. The zero-order valence-electron chi connectivity index (χ0n) is 13.8. The maximum Gasteiger partial charge on any atom is 0.234 e. The number of carbonyl (C=O) groups excluding carboxylic acids is 1. The molecule has 1 fully saturated rings. The molecule has 3 rings (SSSR count). The normalized spacial score (nSPS) is 19.7. The van der Waals surface area contributed by atoms with Crippen LogP contribution in [0.15, 0.2) is 41.8 Å². The lowest BCUT2D eigenvalue weighted by Gasteiger charge is -2.21. The van der Waals surface area contributed by atoms with Gasteiger partial charge in [0.15, 0.2) is 0 Å². The van der Waals surface area contributed by atoms with Crippen LogP contribution in [0.3, 0.4) is 0 Å². The number of nitrogens with zero attached hydrogens (tertiary/aromatic N) is 1. The molecule has 1 aliphatic heterocycles. The van der Waals surface area contributed by atoms with E-state index in [4.69, 9.17) is 0 Å². The molecular weight excluding hydrogens is 304 g/mol. The summed E-state index contributed by atoms with van der Waals surface area (Å²) in [6.07, 6.45) is 1.19. The van der Waals surface area contributed by atoms with Gasteiger partial charge >= 0.3 is 0 Å². The van der Waals surface area contributed by atoms with Gasteiger partial charge in [0.05, 0.1) is 12.6 Å². The molecule has 122 valence electrons. The lowest BCUT2D eigenvalue weighted by atomic mass is 10.0. The smallest absolute Gasteiger partial charge is 0.234 e. The van der Waals surface area contributed by atoms with Crippen LogP contribution in [0, 0.1) is 12.8 Å². The summed E-state index contributed by atoms with van der Waals surface area (Å²) >= 11 is 1.69. The minimum Gasteiger partial charge on any atom is -0.343 e. The minimum absolute atomic E-state index is 0.0527. The van der Waals surface area contributed by atoms with Crippen molar-refractivity contribution in [1.29, 1.82) is 0 Å². The van der Waals surface area contributed by atoms with Crippen molar-refractivity contribution >= 4 is 17.2 Å². The third-order valence-corrected chi connectivity index (χ3v) is 5.36. The molecule has 1 saturated heterocycles. The summed E-state index contributed by atoms with van der Waals surface area (Å²) in [6, 6.07) is 12.5. The fourth-order valence-corrected chi connectivity index (χ4v) is 3.92. The number of likely N-dealkylation sites (tertiary alicyclic amines) is 1. The number of hydrogen-bond acceptors (Lipinski definition) is 3. The van der Waals surface area contributed by atoms with Crippen LogP contribution in [0.5, 0.6) is 0 Å². The Bertz CT molecular complexity index is 636. The van der Waals surface area contributed by atoms with Gasteiger partial charge in [-0.15, -0.1) is 11.3 Å². The van der Waals surface area contributed by atoms with Crippen molar-refractivity contribution in [2.45, 2.75) is 26.3 Å². The largest absolute Gasteiger partial charge is 0.343 e. The van der Waals surface area contributed by atoms with Gasteiger partial charge in [0.2, 0.25) is 5.91 Å². The second kappa shape index (κ2) is 7.28. The summed E-state index contributed by atoms with van der Waals surface area (Å²) in [5.41, 5.74) is 2.37. The Morgan fingerprint density at radius 2 is 2.13 bits per heavy atom. The summed E-state index contributed by atoms with van der Waals surface area (Å²) in [7, 11) is 0. The zero-order chi connectivity index (χ0) is 16.2. The molecule has 1 amide bonds. The van der Waals surface area contributed by atoms with E-state index in [2.05, 4.69) is 59.8 Å². The fourth-order valence-electron chi connectivity index (χ4n) is 3.11. The summed E-state index contributed by atoms with van der Waals surface area (Å²) in [5.74, 6) is 0.811. The Hall–Kier alpha value is -1.65. The fraction of sp³-hybridized carbons (Fsp3) is 0.421. The van der Waals surface area contributed by atoms with Gasteiger partial charge in [-0.2, -0.15) is 0 Å². The highest BCUT2D eigenvalue weighted by Crippen LogP contribution is 2.26. The summed E-state index contributed by atoms with van der Waals surface area (Å²) in [4.78, 5) is 15.9. The minimum atomic E-state index is -0.0527. The Morgan fingerprint density at radius 1 is 1.35 bits per heavy atom. The van der Waals surface area contributed by atoms with Crippen LogP contribution in [0.1, 0.15) is 35.4 Å². The number of aryl methyl sites for hydroxylation is 1. The SMILES string of the molecule is Cc1ccc([C@H](NC(=O)CN2CC[C@@H](C)C2)c2cccs2)cc1. The van der Waals surface area contributed by atoms with Gasteiger partial charge in [0.25, 0.3) is 0 Å². The van der Waals surface area contributed by atoms with Crippen LogP contribution in [0.2, 0.25) is 0 Å². The van der Waals surface area contributed by atoms with E-state index in [1.807, 2.05) is 6.07 Å². The van der Waals surface area contributed by atoms with E-state index < -0.39 is 0 Å². The van der Waals surface area contributed by atoms with Crippen molar-refractivity contribution < 1.29 is 4.79 Å². The van der Waals surface area contributed by atoms with Gasteiger partial charge in [-0.3, -0.25) is 9.69 Å². The highest BCUT2D eigenvalue weighted by atomic mass is 32.1. The zero-order valence-corrected chi connectivity index (χ0v) is 14.6. The molecule has 1 aromatic heterocycles. The standard InChI is InChI=1S/C19H24N2OS/c1-14-5-7-16(8-6-14)19(17-4-3-11-23-17)20-18(22)13-21-10-9-15(2)12-21/h3-8,11,15,19H,9-10,12-13H2,1-2H3,(H,20,22)/t15-,19+/m1/s1. The van der Waals surface area contributed by atoms with E-state index in [1.165, 1.54) is 16.9 Å². The molecule has 2 aromatic rings. The van der Waals surface area contributed by atoms with E-state index in [0.29, 0.717) is 12.5 Å². The van der Waals surface area contributed by atoms with Gasteiger partial charge in [0.1, 0.15) is 0 Å². The van der Waals surface area contributed by atoms with Crippen molar-refractivity contribution in [3.8, 4) is 0 Å². The predicted octanol–water partition coefficient (Wildman–Crippen LogP) is 3.60. The predicted molar refractivity (Wildman–Crippen MR) is 95.7 cm³/mol. The summed E-state index contributed by atoms with van der Waals surface area (Å²) in [5, 5.41) is 5.29. The van der Waals surface area contributed by atoms with Gasteiger partial charge < -0.3 is 5.32 Å². The average molecular weight is 328 g/mol. The molecule has 0 bridgehead atoms. The molecule has 23 heavy (non-hydrogen) atoms. The van der Waals surface area contributed by atoms with Crippen molar-refractivity contribution in [3.05, 3.63) is 57.8 Å². The highest BCUT2D eigenvalue weighted by molar-refractivity contribution is 7.10. The van der Waals surface area contributed by atoms with Crippen LogP contribution in [-0.2, 0) is 4.79 Å². The Balaban J connectivity index is 1.71. The van der Waals surface area contributed by atoms with Gasteiger partial charge in [0, 0.05) is 11.4 Å². The Labute approximate surface area is 142 Å². The average Bonchev–Trinajstić information content (AvgIpc) is 3.18. The summed E-state index contributed by atoms with van der Waals surface area (Å²) < 4.78 is 0. The monoisotopic (exact) mass is 328 g/mol. The first-order valence-electron chi connectivity index (χ1n) is 8.23. The second-order valence-electron chi connectivity index (χ2n) is 6.56. The number of hydrogen-bond donors (Lipinski definition) is 1. The van der Waals surface area contributed by atoms with Crippen molar-refractivity contribution in [1.82, 2.24) is 10.2 Å². The van der Waals surface area contributed by atoms with E-state index >= 15 is 0 Å². The van der Waals surface area contributed by atoms with Gasteiger partial charge in [-0.25, -0.2) is 0 Å². The van der Waals surface area contributed by atoms with E-state index in [1.54, 1.807) is 11.3 Å². The van der Waals surface area contributed by atoms with E-state index in [9.17, 15) is 4.79 Å². The number of rotatable bonds is 5. The molecule has 3 nitrogen and oxygen atoms in total. The molecule has 0 radical (unpaired) electrons. The Morgan fingerprint density at radius 3 is 2.74 bits per heavy atom. The molecule has 1 aliphatic rings. The van der Waals surface area contributed by atoms with E-state index in [-0.39, 0.29) is 11.9 Å². The topological polar surface area (TPSA) is 32.3 Å². The number of nitrogens with one attached hydrogen (secondary N) is 1. The number of thiophene rings is 1. The molecule has 1 aromatic carbocycles. The molecular formula is C19H24N2OS. The molecule has 2 heterocycles. The van der Waals surface area contributed by atoms with Gasteiger partial charge in [-0.1, -0.05) is 42.8 Å². The first kappa shape index (κ1) is 16.2. The molecule has 0 spiro atoms. The highest BCUT2D eigenvalue weighted by Gasteiger charge is 2.23. The van der Waals surface area contributed by atoms with Crippen molar-refractivity contribution in [3.63, 3.8) is 0 Å². The first-order valence-corrected chi connectivity index (χ1v) is 9.11. The maximum atomic E-state index is 12.5. The van der Waals surface area contributed by atoms with E-state index in [0.717, 1.165) is 18.7 Å². The van der Waals surface area contributed by atoms with Crippen LogP contribution < -0.4 is 5.32 Å². The lowest BCUT2D eigenvalue weighted by molar-refractivity contribution is -0.122. The molecule has 4 heteroatoms. The van der Waals surface area contributed by atoms with Crippen LogP contribution >= 0.6 is 11.3 Å². The van der Waals surface area contributed by atoms with Crippen molar-refractivity contribution in [2.24, 2.45) is 5.92 Å². The maximum absolute atomic E-state index is 12.5. The summed E-state index contributed by atoms with van der Waals surface area (Å²) in [6.45, 7) is 6.89. The van der Waals surface area contributed by atoms with Crippen LogP contribution in [-0.4, -0.2) is 30.4 Å². The third kappa shape index (κ3) is 4.21. The number of benzene rings is 1. The first-order chi connectivity index (χ1) is 11.1. The lowest BCUT2D eigenvalue weighted by Crippen LogP contribution is -2.38. The molecule has 0 aliphatic carbocycles. The molecule has 0 saturated carbocycles. The van der Waals surface area contributed by atoms with Gasteiger partial charge in [-0.05, 0) is 42.8 Å². The molecule has 1 N–H and O–H groups in total. The van der Waals surface area contributed by atoms with Crippen molar-refractivity contribution in [2.75, 3.05) is 19.6 Å². The third-order valence-electron chi connectivity index (χ3n) is 4.42. The van der Waals surface area contributed by atoms with Crippen LogP contribution in [0.25, 0.3) is 0 Å². The molecule has 0 unspecified atom stereocenters. The van der Waals surface area contributed by atoms with Crippen LogP contribution in [0.4, 0.5) is 0 Å².